The molecule has 154 valence electrons. The number of hydrogen-bond acceptors (Lipinski definition) is 4. The number of carbonyl (C=O) groups is 3. The summed E-state index contributed by atoms with van der Waals surface area (Å²) in [5.41, 5.74) is 2.11. The Morgan fingerprint density at radius 2 is 1.90 bits per heavy atom. The highest BCUT2D eigenvalue weighted by molar-refractivity contribution is 6.07. The Hall–Kier alpha value is -2.96. The highest BCUT2D eigenvalue weighted by Crippen LogP contribution is 2.32. The monoisotopic (exact) mass is 400 g/mol. The van der Waals surface area contributed by atoms with Crippen molar-refractivity contribution in [3.63, 3.8) is 0 Å². The first kappa shape index (κ1) is 20.8. The van der Waals surface area contributed by atoms with Gasteiger partial charge < -0.3 is 14.2 Å². The summed E-state index contributed by atoms with van der Waals surface area (Å²) in [6, 6.07) is 4.69. The summed E-state index contributed by atoms with van der Waals surface area (Å²) in [6.07, 6.45) is 1.61. The van der Waals surface area contributed by atoms with E-state index in [-0.39, 0.29) is 23.3 Å². The van der Waals surface area contributed by atoms with Gasteiger partial charge in [-0.15, -0.1) is 0 Å². The van der Waals surface area contributed by atoms with Gasteiger partial charge in [0.25, 0.3) is 5.91 Å². The molecule has 0 radical (unpaired) electrons. The second kappa shape index (κ2) is 7.81. The summed E-state index contributed by atoms with van der Waals surface area (Å²) in [6.45, 7) is 5.14. The lowest BCUT2D eigenvalue weighted by molar-refractivity contribution is 0.0587. The van der Waals surface area contributed by atoms with Crippen LogP contribution in [-0.2, 0) is 11.8 Å². The van der Waals surface area contributed by atoms with Crippen molar-refractivity contribution in [3.8, 4) is 0 Å². The van der Waals surface area contributed by atoms with E-state index in [0.717, 1.165) is 12.8 Å². The van der Waals surface area contributed by atoms with Crippen LogP contribution in [0.4, 0.5) is 4.39 Å². The minimum Gasteiger partial charge on any atom is -0.464 e. The van der Waals surface area contributed by atoms with Crippen LogP contribution in [-0.4, -0.2) is 46.3 Å². The standard InChI is InChI=1S/C22H25FN2O4/c1-12-18(13(2)24(4)19(12)22(28)29-5)20(26)14(3)25(17-9-10-17)21(27)15-7-6-8-16(23)11-15/h6-8,11,14,17H,9-10H2,1-5H3/t14-/m1/s1. The molecule has 7 heteroatoms. The van der Waals surface area contributed by atoms with E-state index in [9.17, 15) is 18.8 Å². The predicted molar refractivity (Wildman–Crippen MR) is 106 cm³/mol. The number of methoxy groups -OCH3 is 1. The molecule has 1 fully saturated rings. The molecule has 0 aliphatic heterocycles. The Balaban J connectivity index is 1.98. The maximum atomic E-state index is 13.6. The molecule has 1 atom stereocenters. The number of rotatable bonds is 6. The quantitative estimate of drug-likeness (QED) is 0.550. The van der Waals surface area contributed by atoms with Crippen LogP contribution in [0.3, 0.4) is 0 Å². The summed E-state index contributed by atoms with van der Waals surface area (Å²) >= 11 is 0. The molecule has 0 saturated heterocycles. The van der Waals surface area contributed by atoms with Crippen molar-refractivity contribution in [2.24, 2.45) is 7.05 Å². The molecule has 0 unspecified atom stereocenters. The van der Waals surface area contributed by atoms with Crippen LogP contribution in [0.5, 0.6) is 0 Å². The smallest absolute Gasteiger partial charge is 0.354 e. The first-order valence-corrected chi connectivity index (χ1v) is 9.55. The van der Waals surface area contributed by atoms with E-state index in [1.54, 1.807) is 43.4 Å². The molecule has 1 aromatic carbocycles. The normalized spacial score (nSPS) is 14.4. The number of amides is 1. The van der Waals surface area contributed by atoms with E-state index in [2.05, 4.69) is 0 Å². The fourth-order valence-electron chi connectivity index (χ4n) is 3.84. The van der Waals surface area contributed by atoms with Gasteiger partial charge in [-0.3, -0.25) is 9.59 Å². The molecule has 3 rings (SSSR count). The number of ketones is 1. The van der Waals surface area contributed by atoms with Gasteiger partial charge in [-0.2, -0.15) is 0 Å². The minimum atomic E-state index is -0.747. The van der Waals surface area contributed by atoms with Crippen molar-refractivity contribution in [2.75, 3.05) is 7.11 Å². The van der Waals surface area contributed by atoms with Crippen molar-refractivity contribution >= 4 is 17.7 Å². The Kier molecular flexibility index (Phi) is 5.59. The number of aromatic nitrogens is 1. The number of ether oxygens (including phenoxy) is 1. The molecule has 1 saturated carbocycles. The van der Waals surface area contributed by atoms with Gasteiger partial charge in [0.2, 0.25) is 0 Å². The van der Waals surface area contributed by atoms with Crippen LogP contribution in [0.25, 0.3) is 0 Å². The van der Waals surface area contributed by atoms with Gasteiger partial charge in [0.05, 0.1) is 13.2 Å². The maximum absolute atomic E-state index is 13.6. The SMILES string of the molecule is COC(=O)c1c(C)c(C(=O)[C@@H](C)N(C(=O)c2cccc(F)c2)C2CC2)c(C)n1C. The first-order valence-electron chi connectivity index (χ1n) is 9.55. The largest absolute Gasteiger partial charge is 0.464 e. The van der Waals surface area contributed by atoms with Crippen LogP contribution < -0.4 is 0 Å². The molecule has 1 aliphatic carbocycles. The molecule has 0 bridgehead atoms. The summed E-state index contributed by atoms with van der Waals surface area (Å²) < 4.78 is 20.1. The molecule has 0 spiro atoms. The molecule has 1 aliphatic rings. The van der Waals surface area contributed by atoms with Crippen molar-refractivity contribution in [1.29, 1.82) is 0 Å². The van der Waals surface area contributed by atoms with Gasteiger partial charge in [0.15, 0.2) is 5.78 Å². The lowest BCUT2D eigenvalue weighted by Crippen LogP contribution is -2.45. The third kappa shape index (κ3) is 3.69. The maximum Gasteiger partial charge on any atom is 0.354 e. The third-order valence-electron chi connectivity index (χ3n) is 5.60. The van der Waals surface area contributed by atoms with Crippen LogP contribution in [0.15, 0.2) is 24.3 Å². The van der Waals surface area contributed by atoms with Crippen LogP contribution in [0.2, 0.25) is 0 Å². The van der Waals surface area contributed by atoms with Gasteiger partial charge in [0, 0.05) is 29.9 Å². The van der Waals surface area contributed by atoms with E-state index >= 15 is 0 Å². The number of halogens is 1. The molecule has 1 amide bonds. The Labute approximate surface area is 169 Å². The minimum absolute atomic E-state index is 0.0471. The molecule has 29 heavy (non-hydrogen) atoms. The van der Waals surface area contributed by atoms with Gasteiger partial charge in [-0.05, 0) is 57.4 Å². The lowest BCUT2D eigenvalue weighted by Gasteiger charge is -2.29. The third-order valence-corrected chi connectivity index (χ3v) is 5.60. The molecule has 2 aromatic rings. The summed E-state index contributed by atoms with van der Waals surface area (Å²) in [7, 11) is 2.99. The van der Waals surface area contributed by atoms with E-state index in [0.29, 0.717) is 22.5 Å². The van der Waals surface area contributed by atoms with Crippen LogP contribution in [0, 0.1) is 19.7 Å². The summed E-state index contributed by atoms with van der Waals surface area (Å²) in [4.78, 5) is 40.2. The Morgan fingerprint density at radius 1 is 1.24 bits per heavy atom. The second-order valence-corrected chi connectivity index (χ2v) is 7.48. The van der Waals surface area contributed by atoms with Crippen molar-refractivity contribution in [3.05, 3.63) is 58.2 Å². The lowest BCUT2D eigenvalue weighted by atomic mass is 9.99. The Morgan fingerprint density at radius 3 is 2.45 bits per heavy atom. The summed E-state index contributed by atoms with van der Waals surface area (Å²) in [5.74, 6) is -1.63. The van der Waals surface area contributed by atoms with Crippen molar-refractivity contribution in [1.82, 2.24) is 9.47 Å². The van der Waals surface area contributed by atoms with Gasteiger partial charge in [0.1, 0.15) is 11.5 Å². The molecule has 0 N–H and O–H groups in total. The zero-order valence-corrected chi connectivity index (χ0v) is 17.3. The highest BCUT2D eigenvalue weighted by Gasteiger charge is 2.40. The number of nitrogens with zero attached hydrogens (tertiary/aromatic N) is 2. The van der Waals surface area contributed by atoms with Crippen LogP contribution >= 0.6 is 0 Å². The zero-order valence-electron chi connectivity index (χ0n) is 17.3. The Bertz CT molecular complexity index is 991. The van der Waals surface area contributed by atoms with Crippen molar-refractivity contribution in [2.45, 2.75) is 45.7 Å². The van der Waals surface area contributed by atoms with Crippen molar-refractivity contribution < 1.29 is 23.5 Å². The molecule has 1 aromatic heterocycles. The molecular formula is C22H25FN2O4. The number of benzene rings is 1. The average molecular weight is 400 g/mol. The highest BCUT2D eigenvalue weighted by atomic mass is 19.1. The zero-order chi connectivity index (χ0) is 21.5. The summed E-state index contributed by atoms with van der Waals surface area (Å²) in [5, 5.41) is 0. The number of esters is 1. The fourth-order valence-corrected chi connectivity index (χ4v) is 3.84. The average Bonchev–Trinajstić information content (AvgIpc) is 3.49. The van der Waals surface area contributed by atoms with Gasteiger partial charge >= 0.3 is 5.97 Å². The number of carbonyl (C=O) groups excluding carboxylic acids is 3. The first-order chi connectivity index (χ1) is 13.7. The number of hydrogen-bond donors (Lipinski definition) is 0. The van der Waals surface area contributed by atoms with Gasteiger partial charge in [-0.1, -0.05) is 6.07 Å². The van der Waals surface area contributed by atoms with E-state index in [1.165, 1.54) is 25.3 Å². The fraction of sp³-hybridized carbons (Fsp3) is 0.409. The van der Waals surface area contributed by atoms with E-state index < -0.39 is 17.8 Å². The predicted octanol–water partition coefficient (Wildman–Crippen LogP) is 3.44. The topological polar surface area (TPSA) is 68.6 Å². The van der Waals surface area contributed by atoms with E-state index in [1.807, 2.05) is 0 Å². The van der Waals surface area contributed by atoms with Crippen LogP contribution in [0.1, 0.15) is 62.2 Å². The molecular weight excluding hydrogens is 375 g/mol. The molecule has 1 heterocycles. The second-order valence-electron chi connectivity index (χ2n) is 7.48. The van der Waals surface area contributed by atoms with Gasteiger partial charge in [-0.25, -0.2) is 9.18 Å². The van der Waals surface area contributed by atoms with E-state index in [4.69, 9.17) is 4.74 Å². The molecule has 6 nitrogen and oxygen atoms in total. The number of Topliss-reactive ketones (excluding diaryl/α,β-unsaturated/α-hetero) is 1.